The molecule has 0 saturated carbocycles. The zero-order valence-corrected chi connectivity index (χ0v) is 18.8. The number of rotatable bonds is 6. The number of nitrogens with zero attached hydrogens (tertiary/aromatic N) is 2. The van der Waals surface area contributed by atoms with Crippen LogP contribution < -0.4 is 10.6 Å². The first kappa shape index (κ1) is 23.8. The third kappa shape index (κ3) is 5.43. The summed E-state index contributed by atoms with van der Waals surface area (Å²) in [7, 11) is 0. The Balaban J connectivity index is 1.48. The molecule has 2 heterocycles. The normalized spacial score (nSPS) is 11.3. The molecule has 0 aliphatic heterocycles. The minimum Gasteiger partial charge on any atom is -0.459 e. The van der Waals surface area contributed by atoms with Crippen LogP contribution in [0, 0.1) is 13.8 Å². The number of carbonyl (C=O) groups is 2. The minimum atomic E-state index is -4.47. The number of benzene rings is 2. The van der Waals surface area contributed by atoms with E-state index < -0.39 is 17.6 Å². The lowest BCUT2D eigenvalue weighted by molar-refractivity contribution is -0.137. The fraction of sp³-hybridized carbons (Fsp3) is 0.160. The SMILES string of the molecule is Cc1nn(-c2cccc(C(F)(F)F)c2)c(C)c1CC(=O)Nc1cccc(NC(=O)c2ccco2)c1. The summed E-state index contributed by atoms with van der Waals surface area (Å²) < 4.78 is 45.8. The highest BCUT2D eigenvalue weighted by Gasteiger charge is 2.30. The molecule has 4 aromatic rings. The van der Waals surface area contributed by atoms with Gasteiger partial charge in [-0.15, -0.1) is 0 Å². The van der Waals surface area contributed by atoms with Crippen LogP contribution in [-0.2, 0) is 17.4 Å². The Morgan fingerprint density at radius 3 is 2.37 bits per heavy atom. The van der Waals surface area contributed by atoms with Crippen LogP contribution in [0.4, 0.5) is 24.5 Å². The maximum absolute atomic E-state index is 13.1. The number of nitrogens with one attached hydrogen (secondary N) is 2. The van der Waals surface area contributed by atoms with E-state index in [1.165, 1.54) is 29.1 Å². The van der Waals surface area contributed by atoms with Gasteiger partial charge < -0.3 is 15.1 Å². The standard InChI is InChI=1S/C25H21F3N4O3/c1-15-21(16(2)32(31-15)20-9-3-6-17(12-20)25(26,27)28)14-23(33)29-18-7-4-8-19(13-18)30-24(34)22-10-5-11-35-22/h3-13H,14H2,1-2H3,(H,29,33)(H,30,34). The number of hydrogen-bond acceptors (Lipinski definition) is 4. The van der Waals surface area contributed by atoms with Crippen molar-refractivity contribution >= 4 is 23.2 Å². The van der Waals surface area contributed by atoms with Crippen molar-refractivity contribution in [1.29, 1.82) is 0 Å². The monoisotopic (exact) mass is 482 g/mol. The molecule has 0 radical (unpaired) electrons. The quantitative estimate of drug-likeness (QED) is 0.378. The van der Waals surface area contributed by atoms with Gasteiger partial charge >= 0.3 is 6.18 Å². The van der Waals surface area contributed by atoms with Gasteiger partial charge in [0.05, 0.1) is 29.6 Å². The number of aromatic nitrogens is 2. The molecule has 2 aromatic heterocycles. The van der Waals surface area contributed by atoms with Crippen LogP contribution in [0.15, 0.2) is 71.3 Å². The van der Waals surface area contributed by atoms with Gasteiger partial charge in [-0.2, -0.15) is 18.3 Å². The van der Waals surface area contributed by atoms with E-state index in [9.17, 15) is 22.8 Å². The number of aryl methyl sites for hydroxylation is 1. The Morgan fingerprint density at radius 1 is 0.971 bits per heavy atom. The van der Waals surface area contributed by atoms with Gasteiger partial charge in [0.2, 0.25) is 5.91 Å². The Labute approximate surface area is 198 Å². The molecule has 0 fully saturated rings. The summed E-state index contributed by atoms with van der Waals surface area (Å²) in [4.78, 5) is 24.9. The van der Waals surface area contributed by atoms with Crippen LogP contribution in [0.1, 0.15) is 33.1 Å². The second-order valence-corrected chi connectivity index (χ2v) is 7.85. The molecule has 0 spiro atoms. The van der Waals surface area contributed by atoms with Crippen molar-refractivity contribution in [3.8, 4) is 5.69 Å². The van der Waals surface area contributed by atoms with Gasteiger partial charge in [0.25, 0.3) is 5.91 Å². The Morgan fingerprint density at radius 2 is 1.69 bits per heavy atom. The van der Waals surface area contributed by atoms with E-state index >= 15 is 0 Å². The van der Waals surface area contributed by atoms with Crippen LogP contribution in [0.3, 0.4) is 0 Å². The summed E-state index contributed by atoms with van der Waals surface area (Å²) in [5.41, 5.74) is 2.13. The Kier molecular flexibility index (Phi) is 6.46. The molecule has 0 aliphatic carbocycles. The maximum Gasteiger partial charge on any atom is 0.416 e. The van der Waals surface area contributed by atoms with E-state index in [4.69, 9.17) is 4.42 Å². The van der Waals surface area contributed by atoms with E-state index in [1.54, 1.807) is 44.2 Å². The molecule has 35 heavy (non-hydrogen) atoms. The molecular formula is C25H21F3N4O3. The van der Waals surface area contributed by atoms with Gasteiger partial charge in [-0.25, -0.2) is 4.68 Å². The molecule has 0 unspecified atom stereocenters. The molecule has 10 heteroatoms. The molecule has 4 rings (SSSR count). The van der Waals surface area contributed by atoms with Crippen molar-refractivity contribution in [3.05, 3.63) is 95.2 Å². The summed E-state index contributed by atoms with van der Waals surface area (Å²) in [6, 6.07) is 14.6. The molecule has 0 bridgehead atoms. The first-order valence-corrected chi connectivity index (χ1v) is 10.6. The molecule has 7 nitrogen and oxygen atoms in total. The third-order valence-electron chi connectivity index (χ3n) is 5.35. The number of carbonyl (C=O) groups excluding carboxylic acids is 2. The number of amides is 2. The largest absolute Gasteiger partial charge is 0.459 e. The van der Waals surface area contributed by atoms with Gasteiger partial charge in [0.15, 0.2) is 5.76 Å². The van der Waals surface area contributed by atoms with Crippen LogP contribution in [0.5, 0.6) is 0 Å². The second kappa shape index (κ2) is 9.49. The van der Waals surface area contributed by atoms with E-state index in [0.717, 1.165) is 12.1 Å². The van der Waals surface area contributed by atoms with Gasteiger partial charge in [-0.3, -0.25) is 9.59 Å². The van der Waals surface area contributed by atoms with Crippen LogP contribution in [0.2, 0.25) is 0 Å². The predicted octanol–water partition coefficient (Wildman–Crippen LogP) is 5.53. The van der Waals surface area contributed by atoms with Crippen LogP contribution in [0.25, 0.3) is 5.69 Å². The van der Waals surface area contributed by atoms with E-state index in [0.29, 0.717) is 28.3 Å². The van der Waals surface area contributed by atoms with Crippen molar-refractivity contribution in [1.82, 2.24) is 9.78 Å². The summed E-state index contributed by atoms with van der Waals surface area (Å²) in [6.07, 6.45) is -3.11. The number of furan rings is 1. The van der Waals surface area contributed by atoms with Gasteiger partial charge in [0.1, 0.15) is 0 Å². The zero-order valence-electron chi connectivity index (χ0n) is 18.8. The fourth-order valence-electron chi connectivity index (χ4n) is 3.64. The highest BCUT2D eigenvalue weighted by Crippen LogP contribution is 2.31. The molecule has 0 saturated heterocycles. The lowest BCUT2D eigenvalue weighted by atomic mass is 10.1. The van der Waals surface area contributed by atoms with Crippen LogP contribution in [-0.4, -0.2) is 21.6 Å². The van der Waals surface area contributed by atoms with E-state index in [1.807, 2.05) is 0 Å². The average Bonchev–Trinajstić information content (AvgIpc) is 3.44. The topological polar surface area (TPSA) is 89.2 Å². The van der Waals surface area contributed by atoms with E-state index in [2.05, 4.69) is 15.7 Å². The van der Waals surface area contributed by atoms with Crippen molar-refractivity contribution in [2.75, 3.05) is 10.6 Å². The molecule has 2 amide bonds. The van der Waals surface area contributed by atoms with Crippen LogP contribution >= 0.6 is 0 Å². The smallest absolute Gasteiger partial charge is 0.416 e. The number of hydrogen-bond donors (Lipinski definition) is 2. The number of halogens is 3. The molecule has 180 valence electrons. The van der Waals surface area contributed by atoms with Crippen molar-refractivity contribution in [2.24, 2.45) is 0 Å². The fourth-order valence-corrected chi connectivity index (χ4v) is 3.64. The number of anilines is 2. The molecular weight excluding hydrogens is 461 g/mol. The second-order valence-electron chi connectivity index (χ2n) is 7.85. The third-order valence-corrected chi connectivity index (χ3v) is 5.35. The molecule has 0 atom stereocenters. The number of alkyl halides is 3. The van der Waals surface area contributed by atoms with Gasteiger partial charge in [-0.05, 0) is 62.4 Å². The maximum atomic E-state index is 13.1. The summed E-state index contributed by atoms with van der Waals surface area (Å²) in [5.74, 6) is -0.607. The van der Waals surface area contributed by atoms with E-state index in [-0.39, 0.29) is 23.8 Å². The summed E-state index contributed by atoms with van der Waals surface area (Å²) in [5, 5.41) is 9.80. The average molecular weight is 482 g/mol. The van der Waals surface area contributed by atoms with Gasteiger partial charge in [0, 0.05) is 22.6 Å². The minimum absolute atomic E-state index is 0.0282. The Bertz CT molecular complexity index is 1380. The van der Waals surface area contributed by atoms with Crippen molar-refractivity contribution in [3.63, 3.8) is 0 Å². The highest BCUT2D eigenvalue weighted by atomic mass is 19.4. The molecule has 0 aliphatic rings. The Hall–Kier alpha value is -4.34. The van der Waals surface area contributed by atoms with Gasteiger partial charge in [-0.1, -0.05) is 12.1 Å². The highest BCUT2D eigenvalue weighted by molar-refractivity contribution is 6.02. The molecule has 2 N–H and O–H groups in total. The lowest BCUT2D eigenvalue weighted by Crippen LogP contribution is -2.16. The first-order valence-electron chi connectivity index (χ1n) is 10.6. The van der Waals surface area contributed by atoms with Crippen molar-refractivity contribution in [2.45, 2.75) is 26.4 Å². The summed E-state index contributed by atoms with van der Waals surface area (Å²) in [6.45, 7) is 3.40. The first-order chi connectivity index (χ1) is 16.6. The zero-order chi connectivity index (χ0) is 25.2. The predicted molar refractivity (Wildman–Crippen MR) is 123 cm³/mol. The summed E-state index contributed by atoms with van der Waals surface area (Å²) >= 11 is 0. The lowest BCUT2D eigenvalue weighted by Gasteiger charge is -2.10. The molecule has 2 aromatic carbocycles. The van der Waals surface area contributed by atoms with Crippen molar-refractivity contribution < 1.29 is 27.2 Å².